The van der Waals surface area contributed by atoms with Gasteiger partial charge in [0.05, 0.1) is 16.9 Å². The van der Waals surface area contributed by atoms with Crippen LogP contribution in [0.5, 0.6) is 5.75 Å². The van der Waals surface area contributed by atoms with Crippen LogP contribution in [-0.2, 0) is 0 Å². The number of nitrogens with zero attached hydrogens (tertiary/aromatic N) is 3. The summed E-state index contributed by atoms with van der Waals surface area (Å²) in [5.74, 6) is -1.35. The molecule has 30 heavy (non-hydrogen) atoms. The highest BCUT2D eigenvalue weighted by Gasteiger charge is 2.20. The van der Waals surface area contributed by atoms with E-state index in [1.807, 2.05) is 13.0 Å². The molecule has 1 aromatic heterocycles. The van der Waals surface area contributed by atoms with Crippen LogP contribution in [0.4, 0.5) is 5.69 Å². The summed E-state index contributed by atoms with van der Waals surface area (Å²) in [5.41, 5.74) is 1.67. The molecule has 0 atom stereocenters. The molecule has 8 heteroatoms. The zero-order chi connectivity index (χ0) is 22.0. The van der Waals surface area contributed by atoms with Gasteiger partial charge in [0.1, 0.15) is 0 Å². The van der Waals surface area contributed by atoms with E-state index in [1.165, 1.54) is 23.1 Å². The van der Waals surface area contributed by atoms with Gasteiger partial charge in [0.15, 0.2) is 11.4 Å². The second-order valence-electron chi connectivity index (χ2n) is 7.12. The molecule has 0 radical (unpaired) electrons. The summed E-state index contributed by atoms with van der Waals surface area (Å²) in [5, 5.41) is 17.2. The first-order valence-corrected chi connectivity index (χ1v) is 9.22. The number of hydrogen-bond donors (Lipinski definition) is 2. The number of aromatic nitrogens is 2. The van der Waals surface area contributed by atoms with Gasteiger partial charge in [-0.1, -0.05) is 18.2 Å². The molecule has 0 saturated carbocycles. The van der Waals surface area contributed by atoms with Crippen LogP contribution >= 0.6 is 0 Å². The number of rotatable bonds is 4. The predicted octanol–water partition coefficient (Wildman–Crippen LogP) is 2.51. The number of benzene rings is 2. The standard InChI is InChI=1S/C22H22N4O4/c1-13-7-5-8-15(11-13)26-18(27)12-14(2)19(24-26)21(29)23-17-10-6-9-16(20(17)28)22(30)25(3)4/h5-12,28H,1-4H3,(H,23,29). The van der Waals surface area contributed by atoms with Gasteiger partial charge >= 0.3 is 0 Å². The third kappa shape index (κ3) is 4.07. The molecule has 0 aliphatic rings. The van der Waals surface area contributed by atoms with Gasteiger partial charge in [-0.2, -0.15) is 9.78 Å². The Morgan fingerprint density at radius 2 is 1.77 bits per heavy atom. The first-order chi connectivity index (χ1) is 14.2. The van der Waals surface area contributed by atoms with Crippen molar-refractivity contribution in [3.63, 3.8) is 0 Å². The van der Waals surface area contributed by atoms with Gasteiger partial charge in [-0.05, 0) is 49.2 Å². The van der Waals surface area contributed by atoms with Crippen LogP contribution in [0.15, 0.2) is 53.3 Å². The molecule has 0 fully saturated rings. The van der Waals surface area contributed by atoms with Crippen LogP contribution in [0.1, 0.15) is 32.0 Å². The molecule has 0 spiro atoms. The normalized spacial score (nSPS) is 10.5. The van der Waals surface area contributed by atoms with Crippen LogP contribution in [0.3, 0.4) is 0 Å². The number of aromatic hydroxyl groups is 1. The van der Waals surface area contributed by atoms with Gasteiger partial charge in [-0.3, -0.25) is 14.4 Å². The summed E-state index contributed by atoms with van der Waals surface area (Å²) in [4.78, 5) is 38.8. The maximum absolute atomic E-state index is 12.9. The molecular weight excluding hydrogens is 384 g/mol. The second-order valence-corrected chi connectivity index (χ2v) is 7.12. The molecule has 2 amide bonds. The van der Waals surface area contributed by atoms with Crippen molar-refractivity contribution in [3.05, 3.63) is 81.3 Å². The molecule has 0 aliphatic heterocycles. The number of carbonyl (C=O) groups is 2. The Balaban J connectivity index is 1.99. The number of hydrogen-bond acceptors (Lipinski definition) is 5. The molecule has 0 saturated heterocycles. The number of anilines is 1. The Morgan fingerprint density at radius 1 is 1.07 bits per heavy atom. The molecule has 154 valence electrons. The topological polar surface area (TPSA) is 105 Å². The summed E-state index contributed by atoms with van der Waals surface area (Å²) in [6.07, 6.45) is 0. The number of aryl methyl sites for hydroxylation is 2. The van der Waals surface area contributed by atoms with Crippen molar-refractivity contribution in [2.75, 3.05) is 19.4 Å². The van der Waals surface area contributed by atoms with Crippen LogP contribution in [0.2, 0.25) is 0 Å². The average Bonchev–Trinajstić information content (AvgIpc) is 2.69. The fourth-order valence-corrected chi connectivity index (χ4v) is 2.95. The lowest BCUT2D eigenvalue weighted by Crippen LogP contribution is -2.27. The van der Waals surface area contributed by atoms with Crippen LogP contribution in [-0.4, -0.2) is 45.7 Å². The van der Waals surface area contributed by atoms with Crippen molar-refractivity contribution < 1.29 is 14.7 Å². The van der Waals surface area contributed by atoms with E-state index in [1.54, 1.807) is 45.3 Å². The Hall–Kier alpha value is -3.94. The second kappa shape index (κ2) is 8.20. The lowest BCUT2D eigenvalue weighted by atomic mass is 10.1. The van der Waals surface area contributed by atoms with Crippen molar-refractivity contribution in [2.24, 2.45) is 0 Å². The van der Waals surface area contributed by atoms with E-state index in [9.17, 15) is 19.5 Å². The Kier molecular flexibility index (Phi) is 5.68. The van der Waals surface area contributed by atoms with Gasteiger partial charge in [0.2, 0.25) is 0 Å². The number of nitrogens with one attached hydrogen (secondary N) is 1. The SMILES string of the molecule is Cc1cccc(-n2nc(C(=O)Nc3cccc(C(=O)N(C)C)c3O)c(C)cc2=O)c1. The van der Waals surface area contributed by atoms with E-state index >= 15 is 0 Å². The fraction of sp³-hybridized carbons (Fsp3) is 0.182. The number of para-hydroxylation sites is 1. The molecule has 2 N–H and O–H groups in total. The van der Waals surface area contributed by atoms with Crippen molar-refractivity contribution in [2.45, 2.75) is 13.8 Å². The van der Waals surface area contributed by atoms with Gasteiger partial charge in [0.25, 0.3) is 17.4 Å². The zero-order valence-corrected chi connectivity index (χ0v) is 17.1. The van der Waals surface area contributed by atoms with E-state index in [0.29, 0.717) is 11.3 Å². The van der Waals surface area contributed by atoms with Gasteiger partial charge in [0, 0.05) is 20.2 Å². The third-order valence-corrected chi connectivity index (χ3v) is 4.50. The lowest BCUT2D eigenvalue weighted by Gasteiger charge is -2.15. The zero-order valence-electron chi connectivity index (χ0n) is 17.1. The fourth-order valence-electron chi connectivity index (χ4n) is 2.95. The van der Waals surface area contributed by atoms with Crippen molar-refractivity contribution in [3.8, 4) is 11.4 Å². The van der Waals surface area contributed by atoms with Gasteiger partial charge in [-0.15, -0.1) is 0 Å². The Bertz CT molecular complexity index is 1200. The average molecular weight is 406 g/mol. The highest BCUT2D eigenvalue weighted by Crippen LogP contribution is 2.28. The van der Waals surface area contributed by atoms with E-state index in [0.717, 1.165) is 10.2 Å². The minimum atomic E-state index is -0.612. The Labute approximate surface area is 173 Å². The highest BCUT2D eigenvalue weighted by atomic mass is 16.3. The van der Waals surface area contributed by atoms with Crippen molar-refractivity contribution in [1.82, 2.24) is 14.7 Å². The largest absolute Gasteiger partial charge is 0.505 e. The highest BCUT2D eigenvalue weighted by molar-refractivity contribution is 6.06. The van der Waals surface area contributed by atoms with Crippen LogP contribution in [0, 0.1) is 13.8 Å². The van der Waals surface area contributed by atoms with Gasteiger partial charge in [-0.25, -0.2) is 0 Å². The summed E-state index contributed by atoms with van der Waals surface area (Å²) in [6, 6.07) is 13.0. The van der Waals surface area contributed by atoms with E-state index in [2.05, 4.69) is 10.4 Å². The maximum Gasteiger partial charge on any atom is 0.276 e. The molecule has 0 unspecified atom stereocenters. The van der Waals surface area contributed by atoms with E-state index < -0.39 is 11.8 Å². The third-order valence-electron chi connectivity index (χ3n) is 4.50. The van der Waals surface area contributed by atoms with Gasteiger partial charge < -0.3 is 15.3 Å². The summed E-state index contributed by atoms with van der Waals surface area (Å²) < 4.78 is 1.15. The molecule has 0 aliphatic carbocycles. The molecule has 8 nitrogen and oxygen atoms in total. The predicted molar refractivity (Wildman–Crippen MR) is 113 cm³/mol. The maximum atomic E-state index is 12.9. The monoisotopic (exact) mass is 406 g/mol. The summed E-state index contributed by atoms with van der Waals surface area (Å²) >= 11 is 0. The summed E-state index contributed by atoms with van der Waals surface area (Å²) in [7, 11) is 3.13. The smallest absolute Gasteiger partial charge is 0.276 e. The molecule has 3 aromatic rings. The Morgan fingerprint density at radius 3 is 2.43 bits per heavy atom. The van der Waals surface area contributed by atoms with Crippen molar-refractivity contribution in [1.29, 1.82) is 0 Å². The number of carbonyl (C=O) groups excluding carboxylic acids is 2. The van der Waals surface area contributed by atoms with Crippen LogP contribution in [0.25, 0.3) is 5.69 Å². The minimum Gasteiger partial charge on any atom is -0.505 e. The lowest BCUT2D eigenvalue weighted by molar-refractivity contribution is 0.0824. The van der Waals surface area contributed by atoms with E-state index in [4.69, 9.17) is 0 Å². The number of amides is 2. The first-order valence-electron chi connectivity index (χ1n) is 9.22. The molecule has 3 rings (SSSR count). The van der Waals surface area contributed by atoms with Crippen molar-refractivity contribution >= 4 is 17.5 Å². The number of phenolic OH excluding ortho intramolecular Hbond substituents is 1. The number of phenols is 1. The molecule has 2 aromatic carbocycles. The van der Waals surface area contributed by atoms with E-state index in [-0.39, 0.29) is 28.3 Å². The quantitative estimate of drug-likeness (QED) is 0.648. The summed E-state index contributed by atoms with van der Waals surface area (Å²) in [6.45, 7) is 3.50. The molecule has 1 heterocycles. The van der Waals surface area contributed by atoms with Crippen LogP contribution < -0.4 is 10.9 Å². The first kappa shape index (κ1) is 20.8. The minimum absolute atomic E-state index is 0.0276. The molecular formula is C22H22N4O4. The molecule has 0 bridgehead atoms.